The maximum atomic E-state index is 11.1. The van der Waals surface area contributed by atoms with Crippen molar-refractivity contribution in [1.29, 1.82) is 0 Å². The fourth-order valence-electron chi connectivity index (χ4n) is 1.27. The smallest absolute Gasteiger partial charge is 0.354 e. The zero-order valence-corrected chi connectivity index (χ0v) is 7.38. The zero-order valence-electron chi connectivity index (χ0n) is 7.38. The number of carbonyl (C=O) groups excluding carboxylic acids is 1. The van der Waals surface area contributed by atoms with Gasteiger partial charge < -0.3 is 14.1 Å². The molecule has 4 nitrogen and oxygen atoms in total. The molecule has 0 spiro atoms. The van der Waals surface area contributed by atoms with Gasteiger partial charge in [-0.1, -0.05) is 0 Å². The lowest BCUT2D eigenvalue weighted by Crippen LogP contribution is -2.00. The zero-order chi connectivity index (χ0) is 9.42. The van der Waals surface area contributed by atoms with Gasteiger partial charge in [-0.15, -0.1) is 0 Å². The molecule has 1 N–H and O–H groups in total. The Kier molecular flexibility index (Phi) is 1.62. The van der Waals surface area contributed by atoms with Gasteiger partial charge in [0.2, 0.25) is 0 Å². The molecule has 0 aromatic carbocycles. The van der Waals surface area contributed by atoms with Gasteiger partial charge in [-0.3, -0.25) is 0 Å². The molecule has 2 aromatic heterocycles. The number of hydrogen-bond acceptors (Lipinski definition) is 3. The molecule has 0 aliphatic heterocycles. The Labute approximate surface area is 74.5 Å². The third kappa shape index (κ3) is 1.20. The first kappa shape index (κ1) is 7.91. The van der Waals surface area contributed by atoms with Gasteiger partial charge >= 0.3 is 5.97 Å². The van der Waals surface area contributed by atoms with E-state index < -0.39 is 0 Å². The summed E-state index contributed by atoms with van der Waals surface area (Å²) >= 11 is 0. The predicted octanol–water partition coefficient (Wildman–Crippen LogP) is 1.86. The number of aromatic amines is 1. The fourth-order valence-corrected chi connectivity index (χ4v) is 1.27. The number of esters is 1. The molecule has 0 saturated heterocycles. The molecule has 0 amide bonds. The lowest BCUT2D eigenvalue weighted by atomic mass is 10.4. The number of fused-ring (bicyclic) bond motifs is 1. The standard InChI is InChI=1S/C9H9NO3/c1-5-3-6-8(13-5)4-7(10-6)9(11)12-2/h3-4,10H,1-2H3. The van der Waals surface area contributed by atoms with Crippen LogP contribution in [0.1, 0.15) is 16.2 Å². The summed E-state index contributed by atoms with van der Waals surface area (Å²) in [5.41, 5.74) is 1.91. The summed E-state index contributed by atoms with van der Waals surface area (Å²) in [6.07, 6.45) is 0. The average Bonchev–Trinajstić information content (AvgIpc) is 2.59. The largest absolute Gasteiger partial charge is 0.464 e. The average molecular weight is 179 g/mol. The van der Waals surface area contributed by atoms with Crippen LogP contribution in [0.25, 0.3) is 11.1 Å². The number of ether oxygens (including phenoxy) is 1. The quantitative estimate of drug-likeness (QED) is 0.679. The highest BCUT2D eigenvalue weighted by atomic mass is 16.5. The highest BCUT2D eigenvalue weighted by Gasteiger charge is 2.11. The minimum Gasteiger partial charge on any atom is -0.464 e. The highest BCUT2D eigenvalue weighted by Crippen LogP contribution is 2.19. The lowest BCUT2D eigenvalue weighted by Gasteiger charge is -1.92. The van der Waals surface area contributed by atoms with E-state index in [1.807, 2.05) is 13.0 Å². The van der Waals surface area contributed by atoms with Gasteiger partial charge in [0, 0.05) is 12.1 Å². The number of methoxy groups -OCH3 is 1. The van der Waals surface area contributed by atoms with Gasteiger partial charge in [-0.2, -0.15) is 0 Å². The van der Waals surface area contributed by atoms with Crippen molar-refractivity contribution in [2.75, 3.05) is 7.11 Å². The first-order valence-corrected chi connectivity index (χ1v) is 3.88. The Balaban J connectivity index is 2.51. The second kappa shape index (κ2) is 2.65. The molecule has 0 aliphatic rings. The van der Waals surface area contributed by atoms with Crippen molar-refractivity contribution in [1.82, 2.24) is 4.98 Å². The Hall–Kier alpha value is -1.71. The van der Waals surface area contributed by atoms with Crippen molar-refractivity contribution in [3.8, 4) is 0 Å². The van der Waals surface area contributed by atoms with Crippen LogP contribution >= 0.6 is 0 Å². The van der Waals surface area contributed by atoms with Crippen molar-refractivity contribution in [2.24, 2.45) is 0 Å². The summed E-state index contributed by atoms with van der Waals surface area (Å²) in [6.45, 7) is 1.85. The van der Waals surface area contributed by atoms with Crippen molar-refractivity contribution in [3.05, 3.63) is 23.6 Å². The Morgan fingerprint density at radius 1 is 1.54 bits per heavy atom. The molecule has 0 fully saturated rings. The second-order valence-corrected chi connectivity index (χ2v) is 2.81. The molecule has 68 valence electrons. The number of rotatable bonds is 1. The Morgan fingerprint density at radius 2 is 2.31 bits per heavy atom. The van der Waals surface area contributed by atoms with E-state index in [1.54, 1.807) is 6.07 Å². The van der Waals surface area contributed by atoms with Crippen LogP contribution in [0.15, 0.2) is 16.5 Å². The molecule has 0 radical (unpaired) electrons. The minimum absolute atomic E-state index is 0.385. The van der Waals surface area contributed by atoms with Gasteiger partial charge in [0.15, 0.2) is 5.58 Å². The van der Waals surface area contributed by atoms with E-state index in [4.69, 9.17) is 4.42 Å². The molecule has 0 saturated carbocycles. The number of hydrogen-bond donors (Lipinski definition) is 1. The summed E-state index contributed by atoms with van der Waals surface area (Å²) in [7, 11) is 1.34. The van der Waals surface area contributed by atoms with Crippen molar-refractivity contribution >= 4 is 17.1 Å². The number of H-pyrrole nitrogens is 1. The SMILES string of the molecule is COC(=O)c1cc2oc(C)cc2[nH]1. The maximum Gasteiger partial charge on any atom is 0.354 e. The lowest BCUT2D eigenvalue weighted by molar-refractivity contribution is 0.0595. The number of aryl methyl sites for hydroxylation is 1. The van der Waals surface area contributed by atoms with Gasteiger partial charge in [0.25, 0.3) is 0 Å². The number of nitrogens with one attached hydrogen (secondary N) is 1. The molecule has 0 unspecified atom stereocenters. The predicted molar refractivity (Wildman–Crippen MR) is 46.6 cm³/mol. The monoisotopic (exact) mass is 179 g/mol. The minimum atomic E-state index is -0.385. The van der Waals surface area contributed by atoms with Crippen LogP contribution in [0, 0.1) is 6.92 Å². The normalized spacial score (nSPS) is 10.6. The molecule has 0 bridgehead atoms. The molecule has 4 heteroatoms. The Morgan fingerprint density at radius 3 is 2.92 bits per heavy atom. The van der Waals surface area contributed by atoms with Crippen LogP contribution in [0.5, 0.6) is 0 Å². The summed E-state index contributed by atoms with van der Waals surface area (Å²) in [5.74, 6) is 0.432. The summed E-state index contributed by atoms with van der Waals surface area (Å²) in [6, 6.07) is 3.47. The van der Waals surface area contributed by atoms with Crippen LogP contribution in [-0.2, 0) is 4.74 Å². The van der Waals surface area contributed by atoms with Gasteiger partial charge in [0.05, 0.1) is 12.6 Å². The third-order valence-corrected chi connectivity index (χ3v) is 1.83. The van der Waals surface area contributed by atoms with Gasteiger partial charge in [-0.25, -0.2) is 4.79 Å². The van der Waals surface area contributed by atoms with Crippen LogP contribution in [0.2, 0.25) is 0 Å². The summed E-state index contributed by atoms with van der Waals surface area (Å²) in [4.78, 5) is 14.0. The molecular weight excluding hydrogens is 170 g/mol. The van der Waals surface area contributed by atoms with E-state index in [0.717, 1.165) is 11.3 Å². The first-order chi connectivity index (χ1) is 6.20. The summed E-state index contributed by atoms with van der Waals surface area (Å²) < 4.78 is 9.86. The second-order valence-electron chi connectivity index (χ2n) is 2.81. The van der Waals surface area contributed by atoms with Crippen LogP contribution in [0.4, 0.5) is 0 Å². The first-order valence-electron chi connectivity index (χ1n) is 3.88. The molecule has 0 atom stereocenters. The topological polar surface area (TPSA) is 55.2 Å². The fraction of sp³-hybridized carbons (Fsp3) is 0.222. The van der Waals surface area contributed by atoms with E-state index in [2.05, 4.69) is 9.72 Å². The van der Waals surface area contributed by atoms with Crippen LogP contribution < -0.4 is 0 Å². The maximum absolute atomic E-state index is 11.1. The van der Waals surface area contributed by atoms with Gasteiger partial charge in [-0.05, 0) is 6.92 Å². The molecular formula is C9H9NO3. The number of aromatic nitrogens is 1. The van der Waals surface area contributed by atoms with Crippen molar-refractivity contribution < 1.29 is 13.9 Å². The van der Waals surface area contributed by atoms with Crippen molar-refractivity contribution in [2.45, 2.75) is 6.92 Å². The van der Waals surface area contributed by atoms with E-state index in [9.17, 15) is 4.79 Å². The molecule has 0 aliphatic carbocycles. The van der Waals surface area contributed by atoms with E-state index >= 15 is 0 Å². The van der Waals surface area contributed by atoms with Crippen molar-refractivity contribution in [3.63, 3.8) is 0 Å². The highest BCUT2D eigenvalue weighted by molar-refractivity contribution is 5.93. The van der Waals surface area contributed by atoms with Crippen LogP contribution in [0.3, 0.4) is 0 Å². The van der Waals surface area contributed by atoms with E-state index in [1.165, 1.54) is 7.11 Å². The molecule has 2 aromatic rings. The van der Waals surface area contributed by atoms with Crippen LogP contribution in [-0.4, -0.2) is 18.1 Å². The number of carbonyl (C=O) groups is 1. The Bertz CT molecular complexity index is 421. The molecule has 2 rings (SSSR count). The third-order valence-electron chi connectivity index (χ3n) is 1.83. The van der Waals surface area contributed by atoms with Gasteiger partial charge in [0.1, 0.15) is 11.5 Å². The van der Waals surface area contributed by atoms with E-state index in [-0.39, 0.29) is 5.97 Å². The van der Waals surface area contributed by atoms with E-state index in [0.29, 0.717) is 11.3 Å². The molecule has 13 heavy (non-hydrogen) atoms. The summed E-state index contributed by atoms with van der Waals surface area (Å²) in [5, 5.41) is 0. The number of furan rings is 1. The molecule has 2 heterocycles.